The number of carbonyl (C=O) groups is 2. The van der Waals surface area contributed by atoms with E-state index in [0.29, 0.717) is 64.3 Å². The van der Waals surface area contributed by atoms with Crippen LogP contribution in [0.1, 0.15) is 62.5 Å². The molecular formula is C28H33ClN4O5. The van der Waals surface area contributed by atoms with Crippen molar-refractivity contribution in [2.75, 3.05) is 31.2 Å². The van der Waals surface area contributed by atoms with E-state index >= 15 is 0 Å². The third kappa shape index (κ3) is 5.26. The number of carbonyl (C=O) groups excluding carboxylic acids is 2. The Morgan fingerprint density at radius 2 is 2.05 bits per heavy atom. The first-order valence-corrected chi connectivity index (χ1v) is 12.9. The van der Waals surface area contributed by atoms with Crippen LogP contribution in [-0.4, -0.2) is 58.3 Å². The molecule has 3 heterocycles. The Labute approximate surface area is 227 Å². The lowest BCUT2D eigenvalue weighted by Gasteiger charge is -2.32. The number of aromatic nitrogens is 3. The van der Waals surface area contributed by atoms with E-state index in [2.05, 4.69) is 21.6 Å². The summed E-state index contributed by atoms with van der Waals surface area (Å²) in [6, 6.07) is 5.29. The molecule has 9 nitrogen and oxygen atoms in total. The average molecular weight is 541 g/mol. The lowest BCUT2D eigenvalue weighted by Crippen LogP contribution is -2.33. The lowest BCUT2D eigenvalue weighted by molar-refractivity contribution is -0.166. The minimum atomic E-state index is -1.13. The van der Waals surface area contributed by atoms with Gasteiger partial charge in [-0.3, -0.25) is 4.79 Å². The molecule has 0 spiro atoms. The van der Waals surface area contributed by atoms with Crippen molar-refractivity contribution >= 4 is 34.7 Å². The molecule has 4 rings (SSSR count). The predicted molar refractivity (Wildman–Crippen MR) is 146 cm³/mol. The van der Waals surface area contributed by atoms with E-state index in [1.807, 2.05) is 32.9 Å². The Kier molecular flexibility index (Phi) is 7.80. The fourth-order valence-electron chi connectivity index (χ4n) is 4.53. The molecule has 3 aromatic rings. The third-order valence-electron chi connectivity index (χ3n) is 6.04. The normalized spacial score (nSPS) is 14.1. The highest BCUT2D eigenvalue weighted by Gasteiger charge is 2.36. The maximum absolute atomic E-state index is 13.3. The molecule has 0 amide bonds. The summed E-state index contributed by atoms with van der Waals surface area (Å²) in [6.45, 7) is 16.3. The number of Topliss-reactive ketones (excluding diaryl/α,β-unsaturated/α-hetero) is 1. The van der Waals surface area contributed by atoms with Gasteiger partial charge in [-0.1, -0.05) is 17.7 Å². The summed E-state index contributed by atoms with van der Waals surface area (Å²) >= 11 is 7.12. The van der Waals surface area contributed by atoms with Crippen LogP contribution in [-0.2, 0) is 14.3 Å². The quantitative estimate of drug-likeness (QED) is 0.214. The van der Waals surface area contributed by atoms with Crippen LogP contribution in [0.2, 0.25) is 5.02 Å². The van der Waals surface area contributed by atoms with Gasteiger partial charge in [-0.2, -0.15) is 5.10 Å². The molecular weight excluding hydrogens is 508 g/mol. The second kappa shape index (κ2) is 10.7. The molecule has 0 saturated carbocycles. The number of benzene rings is 1. The van der Waals surface area contributed by atoms with Crippen LogP contribution in [0.15, 0.2) is 30.9 Å². The Balaban J connectivity index is 2.09. The number of hydrogen-bond acceptors (Lipinski definition) is 8. The average Bonchev–Trinajstić information content (AvgIpc) is 3.26. The second-order valence-corrected chi connectivity index (χ2v) is 10.4. The molecule has 0 radical (unpaired) electrons. The van der Waals surface area contributed by atoms with Crippen LogP contribution in [0.4, 0.5) is 5.69 Å². The number of aryl methyl sites for hydroxylation is 1. The fourth-order valence-corrected chi connectivity index (χ4v) is 4.90. The zero-order valence-electron chi connectivity index (χ0n) is 22.6. The first-order chi connectivity index (χ1) is 18.0. The summed E-state index contributed by atoms with van der Waals surface area (Å²) in [5.41, 5.74) is 2.75. The molecule has 2 aromatic heterocycles. The van der Waals surface area contributed by atoms with E-state index in [9.17, 15) is 9.59 Å². The number of halogens is 1. The molecule has 0 unspecified atom stereocenters. The molecule has 202 valence electrons. The third-order valence-corrected chi connectivity index (χ3v) is 6.43. The minimum Gasteiger partial charge on any atom is -0.490 e. The summed E-state index contributed by atoms with van der Waals surface area (Å²) in [6.07, 6.45) is 0.679. The van der Waals surface area contributed by atoms with Crippen LogP contribution in [0, 0.1) is 6.92 Å². The second-order valence-electron chi connectivity index (χ2n) is 10.0. The van der Waals surface area contributed by atoms with E-state index in [1.54, 1.807) is 30.5 Å². The minimum absolute atomic E-state index is 0.177. The van der Waals surface area contributed by atoms with Gasteiger partial charge in [0, 0.05) is 36.4 Å². The van der Waals surface area contributed by atoms with E-state index in [0.717, 1.165) is 0 Å². The van der Waals surface area contributed by atoms with E-state index in [-0.39, 0.29) is 18.1 Å². The van der Waals surface area contributed by atoms with Crippen molar-refractivity contribution in [2.24, 2.45) is 0 Å². The van der Waals surface area contributed by atoms with Gasteiger partial charge < -0.3 is 19.1 Å². The van der Waals surface area contributed by atoms with Gasteiger partial charge in [0.2, 0.25) is 0 Å². The molecule has 0 aliphatic carbocycles. The van der Waals surface area contributed by atoms with Gasteiger partial charge >= 0.3 is 5.97 Å². The Morgan fingerprint density at radius 1 is 1.32 bits per heavy atom. The van der Waals surface area contributed by atoms with Crippen LogP contribution >= 0.6 is 11.6 Å². The van der Waals surface area contributed by atoms with E-state index in [4.69, 9.17) is 25.8 Å². The molecule has 1 aliphatic rings. The number of rotatable bonds is 8. The van der Waals surface area contributed by atoms with Gasteiger partial charge in [-0.05, 0) is 46.8 Å². The number of ketones is 1. The smallest absolute Gasteiger partial charge is 0.340 e. The fraction of sp³-hybridized carbons (Fsp3) is 0.429. The summed E-state index contributed by atoms with van der Waals surface area (Å²) in [5.74, 6) is -0.124. The van der Waals surface area contributed by atoms with Gasteiger partial charge in [-0.15, -0.1) is 6.58 Å². The topological polar surface area (TPSA) is 95.3 Å². The number of hydrogen-bond donors (Lipinski definition) is 0. The maximum atomic E-state index is 13.3. The Bertz CT molecular complexity index is 1410. The van der Waals surface area contributed by atoms with Gasteiger partial charge in [0.05, 0.1) is 35.2 Å². The number of ether oxygens (including phenoxy) is 3. The van der Waals surface area contributed by atoms with Crippen LogP contribution < -0.4 is 9.64 Å². The number of nitrogens with zero attached hydrogens (tertiary/aromatic N) is 4. The van der Waals surface area contributed by atoms with Gasteiger partial charge in [0.15, 0.2) is 17.5 Å². The summed E-state index contributed by atoms with van der Waals surface area (Å²) in [5, 5.41) is 4.97. The van der Waals surface area contributed by atoms with Gasteiger partial charge in [0.1, 0.15) is 18.1 Å². The highest BCUT2D eigenvalue weighted by atomic mass is 35.5. The summed E-state index contributed by atoms with van der Waals surface area (Å²) < 4.78 is 19.2. The highest BCUT2D eigenvalue weighted by molar-refractivity contribution is 6.36. The SMILES string of the molecule is C=CCN1CCOc2ccc(-c3c([C@H](OC(C)(C)C)C(=O)OCC)c(C)nc4cc(C(C)=O)nn34)c(Cl)c21. The molecule has 0 fully saturated rings. The van der Waals surface area contributed by atoms with Crippen molar-refractivity contribution < 1.29 is 23.8 Å². The molecule has 0 saturated heterocycles. The molecule has 38 heavy (non-hydrogen) atoms. The molecule has 1 atom stereocenters. The van der Waals surface area contributed by atoms with Crippen molar-refractivity contribution in [1.29, 1.82) is 0 Å². The number of fused-ring (bicyclic) bond motifs is 2. The lowest BCUT2D eigenvalue weighted by atomic mass is 9.97. The van der Waals surface area contributed by atoms with Crippen molar-refractivity contribution in [3.05, 3.63) is 52.8 Å². The maximum Gasteiger partial charge on any atom is 0.340 e. The Morgan fingerprint density at radius 3 is 2.68 bits per heavy atom. The summed E-state index contributed by atoms with van der Waals surface area (Å²) in [7, 11) is 0. The molecule has 1 aliphatic heterocycles. The van der Waals surface area contributed by atoms with Crippen molar-refractivity contribution in [3.63, 3.8) is 0 Å². The highest BCUT2D eigenvalue weighted by Crippen LogP contribution is 2.46. The van der Waals surface area contributed by atoms with Crippen molar-refractivity contribution in [2.45, 2.75) is 53.2 Å². The van der Waals surface area contributed by atoms with E-state index in [1.165, 1.54) is 6.92 Å². The predicted octanol–water partition coefficient (Wildman–Crippen LogP) is 5.36. The van der Waals surface area contributed by atoms with Crippen molar-refractivity contribution in [1.82, 2.24) is 14.6 Å². The zero-order valence-corrected chi connectivity index (χ0v) is 23.4. The summed E-state index contributed by atoms with van der Waals surface area (Å²) in [4.78, 5) is 32.4. The van der Waals surface area contributed by atoms with E-state index < -0.39 is 17.7 Å². The van der Waals surface area contributed by atoms with Gasteiger partial charge in [0.25, 0.3) is 0 Å². The first-order valence-electron chi connectivity index (χ1n) is 12.5. The zero-order chi connectivity index (χ0) is 27.8. The van der Waals surface area contributed by atoms with Crippen LogP contribution in [0.25, 0.3) is 16.9 Å². The Hall–Kier alpha value is -3.43. The van der Waals surface area contributed by atoms with Crippen molar-refractivity contribution in [3.8, 4) is 17.0 Å². The van der Waals surface area contributed by atoms with Crippen LogP contribution in [0.5, 0.6) is 5.75 Å². The molecule has 1 aromatic carbocycles. The number of anilines is 1. The molecule has 10 heteroatoms. The monoisotopic (exact) mass is 540 g/mol. The molecule has 0 N–H and O–H groups in total. The largest absolute Gasteiger partial charge is 0.490 e. The van der Waals surface area contributed by atoms with Gasteiger partial charge in [-0.25, -0.2) is 14.3 Å². The van der Waals surface area contributed by atoms with Crippen LogP contribution in [0.3, 0.4) is 0 Å². The standard InChI is InChI=1S/C28H33ClN4O5/c1-8-12-32-13-14-37-20-11-10-18(23(29)25(20)32)24-22(26(27(35)36-9-2)38-28(5,6)7)16(3)30-21-15-19(17(4)34)31-33(21)24/h8,10-11,15,26H,1,9,12-14H2,2-7H3/t26-/m0/s1. The first kappa shape index (κ1) is 27.6. The molecule has 0 bridgehead atoms. The number of esters is 1.